The smallest absolute Gasteiger partial charge is 0.224 e. The second kappa shape index (κ2) is 4.75. The van der Waals surface area contributed by atoms with Gasteiger partial charge in [-0.15, -0.1) is 11.3 Å². The third-order valence-electron chi connectivity index (χ3n) is 2.49. The number of fused-ring (bicyclic) bond motifs is 1. The molecule has 0 atom stereocenters. The first-order valence-corrected chi connectivity index (χ1v) is 6.49. The normalized spacial score (nSPS) is 10.9. The summed E-state index contributed by atoms with van der Waals surface area (Å²) < 4.78 is 6.45. The number of rotatable bonds is 4. The van der Waals surface area contributed by atoms with Gasteiger partial charge in [-0.3, -0.25) is 0 Å². The van der Waals surface area contributed by atoms with Crippen LogP contribution in [0.25, 0.3) is 21.7 Å². The van der Waals surface area contributed by atoms with Crippen molar-refractivity contribution in [2.75, 3.05) is 18.4 Å². The van der Waals surface area contributed by atoms with Gasteiger partial charge in [0.2, 0.25) is 5.95 Å². The van der Waals surface area contributed by atoms with Gasteiger partial charge in [-0.1, -0.05) is 0 Å². The van der Waals surface area contributed by atoms with Crippen molar-refractivity contribution in [1.82, 2.24) is 9.97 Å². The highest BCUT2D eigenvalue weighted by molar-refractivity contribution is 7.17. The molecule has 0 saturated heterocycles. The van der Waals surface area contributed by atoms with Crippen LogP contribution in [0.5, 0.6) is 0 Å². The topological polar surface area (TPSA) is 77.0 Å². The summed E-state index contributed by atoms with van der Waals surface area (Å²) in [6.45, 7) is 1.19. The first-order valence-electron chi connectivity index (χ1n) is 5.61. The summed E-state index contributed by atoms with van der Waals surface area (Å²) in [5.41, 5.74) is 7.20. The van der Waals surface area contributed by atoms with E-state index in [2.05, 4.69) is 15.3 Å². The second-order valence-electron chi connectivity index (χ2n) is 3.72. The third kappa shape index (κ3) is 1.96. The Balaban J connectivity index is 2.12. The lowest BCUT2D eigenvalue weighted by Gasteiger charge is -2.05. The highest BCUT2D eigenvalue weighted by atomic mass is 32.1. The van der Waals surface area contributed by atoms with Crippen LogP contribution < -0.4 is 11.1 Å². The lowest BCUT2D eigenvalue weighted by Crippen LogP contribution is -2.14. The average Bonchev–Trinajstić information content (AvgIpc) is 3.05. The van der Waals surface area contributed by atoms with E-state index in [-0.39, 0.29) is 0 Å². The zero-order chi connectivity index (χ0) is 12.4. The standard InChI is InChI=1S/C12H12N4OS/c13-4-5-14-12-15-8-3-7-18-11(8)10(16-12)9-2-1-6-17-9/h1-3,6-7H,4-5,13H2,(H,14,15,16). The summed E-state index contributed by atoms with van der Waals surface area (Å²) in [6, 6.07) is 5.72. The number of anilines is 1. The Morgan fingerprint density at radius 2 is 2.28 bits per heavy atom. The Morgan fingerprint density at radius 3 is 3.06 bits per heavy atom. The predicted octanol–water partition coefficient (Wildman–Crippen LogP) is 2.32. The molecule has 0 fully saturated rings. The zero-order valence-corrected chi connectivity index (χ0v) is 10.4. The van der Waals surface area contributed by atoms with Crippen molar-refractivity contribution in [2.24, 2.45) is 5.73 Å². The average molecular weight is 260 g/mol. The van der Waals surface area contributed by atoms with Gasteiger partial charge < -0.3 is 15.5 Å². The third-order valence-corrected chi connectivity index (χ3v) is 3.40. The fraction of sp³-hybridized carbons (Fsp3) is 0.167. The van der Waals surface area contributed by atoms with E-state index >= 15 is 0 Å². The van der Waals surface area contributed by atoms with E-state index in [1.165, 1.54) is 0 Å². The fourth-order valence-corrected chi connectivity index (χ4v) is 2.53. The molecule has 18 heavy (non-hydrogen) atoms. The van der Waals surface area contributed by atoms with Crippen LogP contribution in [0.15, 0.2) is 34.3 Å². The number of hydrogen-bond donors (Lipinski definition) is 2. The second-order valence-corrected chi connectivity index (χ2v) is 4.64. The van der Waals surface area contributed by atoms with Crippen molar-refractivity contribution < 1.29 is 4.42 Å². The van der Waals surface area contributed by atoms with Crippen LogP contribution in [0.1, 0.15) is 0 Å². The van der Waals surface area contributed by atoms with Crippen LogP contribution in [0.3, 0.4) is 0 Å². The zero-order valence-electron chi connectivity index (χ0n) is 9.59. The molecule has 6 heteroatoms. The molecule has 3 aromatic rings. The molecule has 0 aliphatic heterocycles. The van der Waals surface area contributed by atoms with Crippen LogP contribution in [-0.2, 0) is 0 Å². The number of nitrogens with one attached hydrogen (secondary N) is 1. The van der Waals surface area contributed by atoms with Crippen LogP contribution in [0.2, 0.25) is 0 Å². The summed E-state index contributed by atoms with van der Waals surface area (Å²) in [6.07, 6.45) is 1.64. The van der Waals surface area contributed by atoms with Gasteiger partial charge in [0.15, 0.2) is 5.76 Å². The SMILES string of the molecule is NCCNc1nc(-c2ccco2)c2sccc2n1. The molecular formula is C12H12N4OS. The van der Waals surface area contributed by atoms with Crippen molar-refractivity contribution in [3.8, 4) is 11.5 Å². The number of aromatic nitrogens is 2. The van der Waals surface area contributed by atoms with Crippen molar-refractivity contribution >= 4 is 27.5 Å². The molecule has 0 saturated carbocycles. The van der Waals surface area contributed by atoms with Crippen LogP contribution in [0.4, 0.5) is 5.95 Å². The molecule has 3 N–H and O–H groups in total. The van der Waals surface area contributed by atoms with E-state index in [9.17, 15) is 0 Å². The number of nitrogens with zero attached hydrogens (tertiary/aromatic N) is 2. The molecule has 3 rings (SSSR count). The minimum atomic E-state index is 0.543. The molecule has 3 heterocycles. The Labute approximate surface area is 108 Å². The van der Waals surface area contributed by atoms with Crippen molar-refractivity contribution in [1.29, 1.82) is 0 Å². The van der Waals surface area contributed by atoms with E-state index in [0.29, 0.717) is 19.0 Å². The maximum atomic E-state index is 5.47. The molecule has 3 aromatic heterocycles. The van der Waals surface area contributed by atoms with Gasteiger partial charge in [0, 0.05) is 13.1 Å². The molecule has 0 spiro atoms. The number of furan rings is 1. The van der Waals surface area contributed by atoms with Crippen molar-refractivity contribution in [2.45, 2.75) is 0 Å². The van der Waals surface area contributed by atoms with Gasteiger partial charge in [-0.05, 0) is 23.6 Å². The molecule has 0 amide bonds. The van der Waals surface area contributed by atoms with Gasteiger partial charge in [0.1, 0.15) is 5.69 Å². The number of thiophene rings is 1. The molecule has 0 unspecified atom stereocenters. The summed E-state index contributed by atoms with van der Waals surface area (Å²) >= 11 is 1.61. The summed E-state index contributed by atoms with van der Waals surface area (Å²) in [7, 11) is 0. The largest absolute Gasteiger partial charge is 0.463 e. The summed E-state index contributed by atoms with van der Waals surface area (Å²) in [5, 5.41) is 5.09. The Morgan fingerprint density at radius 1 is 1.33 bits per heavy atom. The van der Waals surface area contributed by atoms with E-state index in [0.717, 1.165) is 21.7 Å². The minimum absolute atomic E-state index is 0.543. The van der Waals surface area contributed by atoms with Gasteiger partial charge in [0.05, 0.1) is 16.5 Å². The first-order chi connectivity index (χ1) is 8.88. The molecule has 0 bridgehead atoms. The van der Waals surface area contributed by atoms with Gasteiger partial charge in [-0.25, -0.2) is 9.97 Å². The fourth-order valence-electron chi connectivity index (χ4n) is 1.71. The van der Waals surface area contributed by atoms with Gasteiger partial charge in [0.25, 0.3) is 0 Å². The maximum absolute atomic E-state index is 5.47. The molecule has 5 nitrogen and oxygen atoms in total. The molecule has 0 aromatic carbocycles. The molecule has 0 radical (unpaired) electrons. The van der Waals surface area contributed by atoms with Crippen LogP contribution in [-0.4, -0.2) is 23.1 Å². The van der Waals surface area contributed by atoms with Crippen molar-refractivity contribution in [3.05, 3.63) is 29.8 Å². The monoisotopic (exact) mass is 260 g/mol. The molecule has 0 aliphatic rings. The maximum Gasteiger partial charge on any atom is 0.224 e. The summed E-state index contributed by atoms with van der Waals surface area (Å²) in [5.74, 6) is 1.33. The molecular weight excluding hydrogens is 248 g/mol. The van der Waals surface area contributed by atoms with E-state index in [4.69, 9.17) is 10.2 Å². The van der Waals surface area contributed by atoms with Gasteiger partial charge >= 0.3 is 0 Å². The quantitative estimate of drug-likeness (QED) is 0.752. The molecule has 92 valence electrons. The number of hydrogen-bond acceptors (Lipinski definition) is 6. The predicted molar refractivity (Wildman–Crippen MR) is 72.7 cm³/mol. The van der Waals surface area contributed by atoms with E-state index < -0.39 is 0 Å². The van der Waals surface area contributed by atoms with Gasteiger partial charge in [-0.2, -0.15) is 0 Å². The number of nitrogens with two attached hydrogens (primary N) is 1. The molecule has 0 aliphatic carbocycles. The Hall–Kier alpha value is -1.92. The summed E-state index contributed by atoms with van der Waals surface area (Å²) in [4.78, 5) is 8.93. The van der Waals surface area contributed by atoms with Crippen molar-refractivity contribution in [3.63, 3.8) is 0 Å². The lowest BCUT2D eigenvalue weighted by molar-refractivity contribution is 0.581. The van der Waals surface area contributed by atoms with E-state index in [1.807, 2.05) is 23.6 Å². The van der Waals surface area contributed by atoms with Crippen LogP contribution >= 0.6 is 11.3 Å². The van der Waals surface area contributed by atoms with E-state index in [1.54, 1.807) is 17.6 Å². The Kier molecular flexibility index (Phi) is 2.95. The lowest BCUT2D eigenvalue weighted by atomic mass is 10.3. The first kappa shape index (κ1) is 11.2. The highest BCUT2D eigenvalue weighted by Gasteiger charge is 2.12. The minimum Gasteiger partial charge on any atom is -0.463 e. The Bertz CT molecular complexity index is 647. The van der Waals surface area contributed by atoms with Crippen LogP contribution in [0, 0.1) is 0 Å². The highest BCUT2D eigenvalue weighted by Crippen LogP contribution is 2.31.